The summed E-state index contributed by atoms with van der Waals surface area (Å²) in [5.41, 5.74) is 4.60. The molecule has 3 fully saturated rings. The van der Waals surface area contributed by atoms with Crippen LogP contribution in [-0.4, -0.2) is 119 Å². The number of carbonyl (C=O) groups is 4. The van der Waals surface area contributed by atoms with E-state index in [0.29, 0.717) is 69.3 Å². The van der Waals surface area contributed by atoms with Gasteiger partial charge in [0.1, 0.15) is 0 Å². The number of nitrogens with zero attached hydrogens (tertiary/aromatic N) is 5. The van der Waals surface area contributed by atoms with Crippen LogP contribution in [0.4, 0.5) is 15.3 Å². The molecule has 14 nitrogen and oxygen atoms in total. The van der Waals surface area contributed by atoms with Gasteiger partial charge in [0.25, 0.3) is 5.91 Å². The highest BCUT2D eigenvalue weighted by molar-refractivity contribution is 5.91. The third-order valence-corrected chi connectivity index (χ3v) is 12.3. The predicted octanol–water partition coefficient (Wildman–Crippen LogP) is 5.09. The van der Waals surface area contributed by atoms with Gasteiger partial charge < -0.3 is 38.8 Å². The summed E-state index contributed by atoms with van der Waals surface area (Å²) < 4.78 is 18.5. The lowest BCUT2D eigenvalue weighted by atomic mass is 9.93. The van der Waals surface area contributed by atoms with Crippen LogP contribution < -0.4 is 11.1 Å². The minimum atomic E-state index is -1.08. The number of oxazole rings is 1. The van der Waals surface area contributed by atoms with Gasteiger partial charge in [0.05, 0.1) is 18.0 Å². The molecule has 1 aromatic heterocycles. The topological polar surface area (TPSA) is 147 Å². The van der Waals surface area contributed by atoms with Gasteiger partial charge in [0, 0.05) is 64.0 Å². The largest absolute Gasteiger partial charge is 0.465 e. The summed E-state index contributed by atoms with van der Waals surface area (Å²) >= 11 is 0. The van der Waals surface area contributed by atoms with Gasteiger partial charge in [-0.05, 0) is 100 Å². The first-order chi connectivity index (χ1) is 27.1. The van der Waals surface area contributed by atoms with E-state index in [4.69, 9.17) is 13.9 Å². The van der Waals surface area contributed by atoms with E-state index in [9.17, 15) is 24.0 Å². The Bertz CT molecular complexity index is 1950. The van der Waals surface area contributed by atoms with Gasteiger partial charge in [0.2, 0.25) is 0 Å². The Labute approximate surface area is 328 Å². The number of carbonyl (C=O) groups excluding carboxylic acids is 4. The van der Waals surface area contributed by atoms with Crippen molar-refractivity contribution >= 4 is 40.8 Å². The van der Waals surface area contributed by atoms with Crippen molar-refractivity contribution in [2.45, 2.75) is 96.2 Å². The number of fused-ring (bicyclic) bond motifs is 2. The Morgan fingerprint density at radius 1 is 0.893 bits per heavy atom. The Balaban J connectivity index is 0.979. The quantitative estimate of drug-likeness (QED) is 0.220. The maximum Gasteiger partial charge on any atom is 0.419 e. The molecule has 1 atom stereocenters. The predicted molar refractivity (Wildman–Crippen MR) is 210 cm³/mol. The number of esters is 1. The molecule has 4 aliphatic rings. The summed E-state index contributed by atoms with van der Waals surface area (Å²) in [6.07, 6.45) is 5.49. The van der Waals surface area contributed by atoms with Crippen LogP contribution in [-0.2, 0) is 39.0 Å². The highest BCUT2D eigenvalue weighted by Crippen LogP contribution is 2.28. The summed E-state index contributed by atoms with van der Waals surface area (Å²) in [4.78, 5) is 73.9. The minimum absolute atomic E-state index is 0.0206. The zero-order chi connectivity index (χ0) is 39.3. The molecule has 14 heteroatoms. The number of ether oxygens (including phenoxy) is 2. The van der Waals surface area contributed by atoms with Crippen molar-refractivity contribution in [3.8, 4) is 0 Å². The van der Waals surface area contributed by atoms with E-state index >= 15 is 0 Å². The second-order valence-corrected chi connectivity index (χ2v) is 15.9. The number of hydrogen-bond acceptors (Lipinski definition) is 9. The highest BCUT2D eigenvalue weighted by Gasteiger charge is 2.37. The van der Waals surface area contributed by atoms with Crippen LogP contribution in [0.5, 0.6) is 0 Å². The van der Waals surface area contributed by atoms with Gasteiger partial charge >= 0.3 is 23.8 Å². The molecular weight excluding hydrogens is 716 g/mol. The Kier molecular flexibility index (Phi) is 12.3. The zero-order valence-electron chi connectivity index (χ0n) is 33.0. The van der Waals surface area contributed by atoms with Crippen molar-refractivity contribution in [1.82, 2.24) is 24.2 Å². The van der Waals surface area contributed by atoms with Crippen LogP contribution in [0.25, 0.3) is 11.1 Å². The summed E-state index contributed by atoms with van der Waals surface area (Å²) in [7, 11) is 1.66. The molecule has 3 saturated heterocycles. The van der Waals surface area contributed by atoms with Crippen LogP contribution in [0.3, 0.4) is 0 Å². The van der Waals surface area contributed by atoms with Crippen molar-refractivity contribution in [3.63, 3.8) is 0 Å². The molecule has 4 amide bonds. The van der Waals surface area contributed by atoms with Crippen molar-refractivity contribution in [2.24, 2.45) is 13.0 Å². The first kappa shape index (κ1) is 39.4. The second kappa shape index (κ2) is 17.5. The third-order valence-electron chi connectivity index (χ3n) is 12.3. The van der Waals surface area contributed by atoms with E-state index in [0.717, 1.165) is 80.4 Å². The molecule has 0 spiro atoms. The molecule has 0 radical (unpaired) electrons. The third kappa shape index (κ3) is 8.75. The van der Waals surface area contributed by atoms with E-state index in [1.54, 1.807) is 18.0 Å². The molecule has 56 heavy (non-hydrogen) atoms. The van der Waals surface area contributed by atoms with E-state index in [1.165, 1.54) is 4.57 Å². The monoisotopic (exact) mass is 772 g/mol. The van der Waals surface area contributed by atoms with Crippen molar-refractivity contribution in [1.29, 1.82) is 0 Å². The van der Waals surface area contributed by atoms with Gasteiger partial charge in [-0.2, -0.15) is 0 Å². The fourth-order valence-electron chi connectivity index (χ4n) is 8.98. The normalized spacial score (nSPS) is 19.7. The number of nitrogens with one attached hydrogen (secondary N) is 1. The smallest absolute Gasteiger partial charge is 0.419 e. The zero-order valence-corrected chi connectivity index (χ0v) is 33.0. The summed E-state index contributed by atoms with van der Waals surface area (Å²) in [5.74, 6) is -0.843. The van der Waals surface area contributed by atoms with E-state index in [-0.39, 0.29) is 36.3 Å². The number of anilines is 1. The molecule has 0 bridgehead atoms. The SMILES string of the molecule is CCCCOC(=O)C1CCN(C2CCN(C(=O)[C@@H](Cc3cc(C)c4c(c3)oc(=O)n4C)OC(=O)N3CCC(N4CCc5ccccc5NC4=O)CC3)CC2)CC1. The number of amides is 4. The number of aryl methyl sites for hydroxylation is 2. The molecule has 5 heterocycles. The van der Waals surface area contributed by atoms with Crippen LogP contribution in [0.15, 0.2) is 45.6 Å². The van der Waals surface area contributed by atoms with Crippen LogP contribution in [0.1, 0.15) is 75.0 Å². The average Bonchev–Trinajstić information content (AvgIpc) is 3.39. The number of benzene rings is 2. The fraction of sp³-hybridized carbons (Fsp3) is 0.595. The van der Waals surface area contributed by atoms with E-state index < -0.39 is 18.0 Å². The highest BCUT2D eigenvalue weighted by atomic mass is 16.6. The first-order valence-corrected chi connectivity index (χ1v) is 20.5. The number of unbranched alkanes of at least 4 members (excludes halogenated alkanes) is 1. The van der Waals surface area contributed by atoms with Crippen molar-refractivity contribution in [2.75, 3.05) is 57.7 Å². The van der Waals surface area contributed by atoms with Crippen molar-refractivity contribution in [3.05, 3.63) is 63.6 Å². The molecule has 7 rings (SSSR count). The van der Waals surface area contributed by atoms with Crippen LogP contribution >= 0.6 is 0 Å². The Morgan fingerprint density at radius 3 is 2.32 bits per heavy atom. The molecule has 0 saturated carbocycles. The molecule has 3 aromatic rings. The second-order valence-electron chi connectivity index (χ2n) is 15.9. The van der Waals surface area contributed by atoms with Gasteiger partial charge in [-0.15, -0.1) is 0 Å². The Morgan fingerprint density at radius 2 is 1.59 bits per heavy atom. The average molecular weight is 773 g/mol. The lowest BCUT2D eigenvalue weighted by Gasteiger charge is -2.42. The van der Waals surface area contributed by atoms with Gasteiger partial charge in [-0.3, -0.25) is 14.2 Å². The summed E-state index contributed by atoms with van der Waals surface area (Å²) in [6.45, 7) is 8.60. The van der Waals surface area contributed by atoms with Gasteiger partial charge in [0.15, 0.2) is 11.7 Å². The standard InChI is InChI=1S/C42H56N6O8/c1-4-5-24-54-39(50)31-10-17-45(18-11-31)32-13-19-46(20-14-32)38(49)36(27-29-25-28(2)37-35(26-29)55-41(52)44(37)3)56-42(53)47-21-15-33(16-22-47)48-23-12-30-8-6-7-9-34(30)43-40(48)51/h6-9,25-26,31-33,36H,4-5,10-24,27H2,1-3H3,(H,43,51)/t36-/m1/s1. The first-order valence-electron chi connectivity index (χ1n) is 20.5. The number of piperidine rings is 3. The lowest BCUT2D eigenvalue weighted by Crippen LogP contribution is -2.53. The molecule has 1 N–H and O–H groups in total. The maximum atomic E-state index is 14.3. The van der Waals surface area contributed by atoms with Crippen LogP contribution in [0.2, 0.25) is 0 Å². The fourth-order valence-corrected chi connectivity index (χ4v) is 8.98. The van der Waals surface area contributed by atoms with Gasteiger partial charge in [-0.25, -0.2) is 14.4 Å². The number of aromatic nitrogens is 1. The summed E-state index contributed by atoms with van der Waals surface area (Å²) in [5, 5.41) is 3.05. The lowest BCUT2D eigenvalue weighted by molar-refractivity contribution is -0.151. The molecule has 2 aromatic carbocycles. The molecule has 302 valence electrons. The minimum Gasteiger partial charge on any atom is -0.465 e. The molecule has 0 aliphatic carbocycles. The molecular formula is C42H56N6O8. The number of para-hydroxylation sites is 1. The number of likely N-dealkylation sites (tertiary alicyclic amines) is 3. The van der Waals surface area contributed by atoms with Gasteiger partial charge in [-0.1, -0.05) is 37.6 Å². The number of rotatable bonds is 10. The van der Waals surface area contributed by atoms with E-state index in [2.05, 4.69) is 17.1 Å². The van der Waals surface area contributed by atoms with Crippen molar-refractivity contribution < 1.29 is 33.1 Å². The summed E-state index contributed by atoms with van der Waals surface area (Å²) in [6, 6.07) is 11.7. The number of hydrogen-bond donors (Lipinski definition) is 1. The number of urea groups is 1. The van der Waals surface area contributed by atoms with E-state index in [1.807, 2.05) is 47.1 Å². The van der Waals surface area contributed by atoms with Crippen LogP contribution in [0, 0.1) is 12.8 Å². The maximum absolute atomic E-state index is 14.3. The molecule has 4 aliphatic heterocycles. The molecule has 0 unspecified atom stereocenters. The Hall–Kier alpha value is -4.85.